The maximum absolute atomic E-state index is 12.4. The summed E-state index contributed by atoms with van der Waals surface area (Å²) in [4.78, 5) is 26.9. The third-order valence-corrected chi connectivity index (χ3v) is 9.94. The number of aliphatic hydroxyl groups is 1. The first-order valence-electron chi connectivity index (χ1n) is 23.2. The molecule has 0 unspecified atom stereocenters. The summed E-state index contributed by atoms with van der Waals surface area (Å²) in [6.07, 6.45) is 39.2. The van der Waals surface area contributed by atoms with Crippen molar-refractivity contribution < 1.29 is 33.6 Å². The summed E-state index contributed by atoms with van der Waals surface area (Å²) in [7, 11) is 0. The fourth-order valence-corrected chi connectivity index (χ4v) is 6.51. The summed E-state index contributed by atoms with van der Waals surface area (Å²) in [5.74, 6) is -0.223. The number of carbonyl (C=O) groups is 2. The molecule has 0 spiro atoms. The number of unbranched alkanes of at least 4 members (excludes halogenated alkanes) is 19. The largest absolute Gasteiger partial charge is 0.466 e. The van der Waals surface area contributed by atoms with Gasteiger partial charge in [-0.05, 0) is 96.6 Å². The molecule has 0 saturated heterocycles. The van der Waals surface area contributed by atoms with Crippen molar-refractivity contribution in [3.63, 3.8) is 0 Å². The number of hydrogen-bond acceptors (Lipinski definition) is 8. The van der Waals surface area contributed by atoms with E-state index in [-0.39, 0.29) is 24.8 Å². The molecule has 8 nitrogen and oxygen atoms in total. The van der Waals surface area contributed by atoms with Gasteiger partial charge >= 0.3 is 11.9 Å². The average Bonchev–Trinajstić information content (AvgIpc) is 3.18. The molecule has 0 fully saturated rings. The third kappa shape index (κ3) is 41.7. The topological polar surface area (TPSA) is 94.5 Å². The first kappa shape index (κ1) is 53.3. The number of carbonyl (C=O) groups excluding carboxylic acids is 2. The van der Waals surface area contributed by atoms with Crippen LogP contribution in [0.5, 0.6) is 0 Å². The van der Waals surface area contributed by atoms with Gasteiger partial charge in [0, 0.05) is 32.6 Å². The van der Waals surface area contributed by atoms with Gasteiger partial charge in [-0.3, -0.25) is 9.59 Å². The zero-order valence-electron chi connectivity index (χ0n) is 36.4. The highest BCUT2D eigenvalue weighted by Gasteiger charge is 2.13. The lowest BCUT2D eigenvalue weighted by atomic mass is 10.1. The molecule has 324 valence electrons. The van der Waals surface area contributed by atoms with Gasteiger partial charge in [0.15, 0.2) is 6.29 Å². The van der Waals surface area contributed by atoms with Gasteiger partial charge in [0.1, 0.15) is 0 Å². The molecule has 8 heteroatoms. The highest BCUT2D eigenvalue weighted by molar-refractivity contribution is 5.69. The molecule has 0 bridgehead atoms. The van der Waals surface area contributed by atoms with E-state index >= 15 is 0 Å². The molecule has 0 radical (unpaired) electrons. The molecule has 1 N–H and O–H groups in total. The van der Waals surface area contributed by atoms with Crippen LogP contribution in [0.25, 0.3) is 0 Å². The SMILES string of the molecule is CC/C=C\CCCCOC(CCC(=O)OCCCCCCCCN(CCO)CCCCCC(=O)OCCCCCCCCCCC)OCCCC/C=C\CC. The summed E-state index contributed by atoms with van der Waals surface area (Å²) < 4.78 is 23.0. The lowest BCUT2D eigenvalue weighted by molar-refractivity contribution is -0.159. The van der Waals surface area contributed by atoms with Gasteiger partial charge in [0.05, 0.1) is 26.2 Å². The predicted molar refractivity (Wildman–Crippen MR) is 230 cm³/mol. The molecular formula is C47H89NO7. The molecule has 55 heavy (non-hydrogen) atoms. The minimum Gasteiger partial charge on any atom is -0.466 e. The normalized spacial score (nSPS) is 11.9. The second-order valence-corrected chi connectivity index (χ2v) is 15.2. The van der Waals surface area contributed by atoms with Crippen molar-refractivity contribution in [2.75, 3.05) is 52.7 Å². The number of hydrogen-bond donors (Lipinski definition) is 1. The van der Waals surface area contributed by atoms with Crippen molar-refractivity contribution in [3.8, 4) is 0 Å². The molecule has 0 rings (SSSR count). The van der Waals surface area contributed by atoms with Crippen molar-refractivity contribution in [1.29, 1.82) is 0 Å². The Morgan fingerprint density at radius 3 is 1.42 bits per heavy atom. The lowest BCUT2D eigenvalue weighted by Gasteiger charge is -2.21. The first-order chi connectivity index (χ1) is 27.1. The van der Waals surface area contributed by atoms with E-state index in [0.717, 1.165) is 122 Å². The molecule has 0 aromatic carbocycles. The number of esters is 2. The fraction of sp³-hybridized carbons (Fsp3) is 0.872. The quantitative estimate of drug-likeness (QED) is 0.0283. The molecule has 0 aromatic rings. The highest BCUT2D eigenvalue weighted by atomic mass is 16.7. The Bertz CT molecular complexity index is 840. The highest BCUT2D eigenvalue weighted by Crippen LogP contribution is 2.13. The average molecular weight is 780 g/mol. The number of ether oxygens (including phenoxy) is 4. The molecule has 0 aliphatic rings. The fourth-order valence-electron chi connectivity index (χ4n) is 6.51. The summed E-state index contributed by atoms with van der Waals surface area (Å²) in [5.41, 5.74) is 0. The predicted octanol–water partition coefficient (Wildman–Crippen LogP) is 12.2. The van der Waals surface area contributed by atoms with E-state index in [9.17, 15) is 14.7 Å². The van der Waals surface area contributed by atoms with Gasteiger partial charge in [0.2, 0.25) is 0 Å². The van der Waals surface area contributed by atoms with Gasteiger partial charge in [-0.15, -0.1) is 0 Å². The van der Waals surface area contributed by atoms with Gasteiger partial charge in [-0.2, -0.15) is 0 Å². The molecule has 0 saturated carbocycles. The van der Waals surface area contributed by atoms with E-state index in [4.69, 9.17) is 18.9 Å². The monoisotopic (exact) mass is 780 g/mol. The number of allylic oxidation sites excluding steroid dienone is 4. The minimum absolute atomic E-state index is 0.0566. The smallest absolute Gasteiger partial charge is 0.305 e. The maximum atomic E-state index is 12.4. The molecule has 0 amide bonds. The summed E-state index contributed by atoms with van der Waals surface area (Å²) in [6.45, 7) is 11.7. The molecule has 0 aliphatic heterocycles. The van der Waals surface area contributed by atoms with Crippen LogP contribution < -0.4 is 0 Å². The number of aliphatic hydroxyl groups excluding tert-OH is 1. The minimum atomic E-state index is -0.354. The van der Waals surface area contributed by atoms with Gasteiger partial charge < -0.3 is 29.0 Å². The zero-order valence-corrected chi connectivity index (χ0v) is 36.4. The molecular weight excluding hydrogens is 691 g/mol. The van der Waals surface area contributed by atoms with Crippen LogP contribution in [0.4, 0.5) is 0 Å². The van der Waals surface area contributed by atoms with E-state index < -0.39 is 0 Å². The van der Waals surface area contributed by atoms with Crippen molar-refractivity contribution in [3.05, 3.63) is 24.3 Å². The summed E-state index contributed by atoms with van der Waals surface area (Å²) in [6, 6.07) is 0. The van der Waals surface area contributed by atoms with Crippen molar-refractivity contribution in [1.82, 2.24) is 4.90 Å². The number of nitrogens with zero attached hydrogens (tertiary/aromatic N) is 1. The van der Waals surface area contributed by atoms with E-state index in [1.807, 2.05) is 0 Å². The molecule has 0 heterocycles. The zero-order chi connectivity index (χ0) is 40.1. The van der Waals surface area contributed by atoms with Crippen LogP contribution in [0.2, 0.25) is 0 Å². The van der Waals surface area contributed by atoms with Gasteiger partial charge in [-0.25, -0.2) is 0 Å². The van der Waals surface area contributed by atoms with Crippen molar-refractivity contribution >= 4 is 11.9 Å². The number of rotatable bonds is 44. The Balaban J connectivity index is 3.93. The van der Waals surface area contributed by atoms with Crippen LogP contribution >= 0.6 is 0 Å². The van der Waals surface area contributed by atoms with Crippen LogP contribution in [0.3, 0.4) is 0 Å². The molecule has 0 aliphatic carbocycles. The van der Waals surface area contributed by atoms with Crippen LogP contribution in [0.1, 0.15) is 207 Å². The van der Waals surface area contributed by atoms with E-state index in [1.165, 1.54) is 57.8 Å². The van der Waals surface area contributed by atoms with E-state index in [2.05, 4.69) is 50.0 Å². The second-order valence-electron chi connectivity index (χ2n) is 15.2. The molecule has 0 aromatic heterocycles. The Morgan fingerprint density at radius 2 is 0.927 bits per heavy atom. The maximum Gasteiger partial charge on any atom is 0.305 e. The van der Waals surface area contributed by atoms with E-state index in [1.54, 1.807) is 0 Å². The summed E-state index contributed by atoms with van der Waals surface area (Å²) in [5, 5.41) is 9.52. The summed E-state index contributed by atoms with van der Waals surface area (Å²) >= 11 is 0. The second kappa shape index (κ2) is 45.0. The van der Waals surface area contributed by atoms with Crippen LogP contribution in [0, 0.1) is 0 Å². The van der Waals surface area contributed by atoms with Crippen molar-refractivity contribution in [2.24, 2.45) is 0 Å². The first-order valence-corrected chi connectivity index (χ1v) is 23.2. The van der Waals surface area contributed by atoms with Crippen LogP contribution in [-0.4, -0.2) is 80.9 Å². The van der Waals surface area contributed by atoms with Crippen molar-refractivity contribution in [2.45, 2.75) is 213 Å². The Morgan fingerprint density at radius 1 is 0.491 bits per heavy atom. The third-order valence-electron chi connectivity index (χ3n) is 9.94. The van der Waals surface area contributed by atoms with E-state index in [0.29, 0.717) is 52.2 Å². The lowest BCUT2D eigenvalue weighted by Crippen LogP contribution is -2.29. The Kier molecular flexibility index (Phi) is 43.5. The van der Waals surface area contributed by atoms with Gasteiger partial charge in [0.25, 0.3) is 0 Å². The van der Waals surface area contributed by atoms with Crippen LogP contribution in [-0.2, 0) is 28.5 Å². The standard InChI is InChI=1S/C47H89NO7/c1-4-7-10-13-16-17-19-24-30-41-52-45(50)34-27-26-29-38-48(39-40-49)37-28-21-18-20-25-31-42-53-46(51)35-36-47(54-43-32-22-14-11-8-5-2)55-44-33-23-15-12-9-6-3/h8-9,11-12,47,49H,4-7,10,13-44H2,1-3H3/b11-8-,12-9-. The van der Waals surface area contributed by atoms with Crippen LogP contribution in [0.15, 0.2) is 24.3 Å². The molecule has 0 atom stereocenters. The Hall–Kier alpha value is -1.74. The Labute approximate surface area is 339 Å². The van der Waals surface area contributed by atoms with Gasteiger partial charge in [-0.1, -0.05) is 129 Å².